The maximum Gasteiger partial charge on any atom is 0.176 e. The van der Waals surface area contributed by atoms with Crippen LogP contribution in [0.1, 0.15) is 21.5 Å². The number of nitrogens with two attached hydrogens (primary N) is 1. The third kappa shape index (κ3) is 2.13. The normalized spacial score (nSPS) is 10.2. The number of carbonyl (C=O) groups excluding carboxylic acids is 1. The van der Waals surface area contributed by atoms with E-state index >= 15 is 0 Å². The highest BCUT2D eigenvalue weighted by Gasteiger charge is 2.15. The van der Waals surface area contributed by atoms with Crippen molar-refractivity contribution in [2.45, 2.75) is 13.8 Å². The van der Waals surface area contributed by atoms with Gasteiger partial charge in [0.05, 0.1) is 18.7 Å². The minimum atomic E-state index is -0.111. The van der Waals surface area contributed by atoms with Crippen molar-refractivity contribution in [3.63, 3.8) is 0 Å². The molecule has 0 aliphatic rings. The fourth-order valence-electron chi connectivity index (χ4n) is 1.50. The number of hydrogen-bond acceptors (Lipinski definition) is 3. The predicted octanol–water partition coefficient (Wildman–Crippen LogP) is 2.11. The molecule has 0 radical (unpaired) electrons. The van der Waals surface area contributed by atoms with Crippen molar-refractivity contribution in [2.75, 3.05) is 13.7 Å². The number of halogens is 1. The molecule has 0 atom stereocenters. The lowest BCUT2D eigenvalue weighted by Gasteiger charge is -2.12. The second-order valence-corrected chi connectivity index (χ2v) is 3.72. The molecule has 0 bridgehead atoms. The van der Waals surface area contributed by atoms with E-state index < -0.39 is 0 Å². The largest absolute Gasteiger partial charge is 0.495 e. The number of Topliss-reactive ketones (excluding diaryl/α,β-unsaturated/α-hetero) is 1. The first kappa shape index (κ1) is 12.0. The van der Waals surface area contributed by atoms with Crippen molar-refractivity contribution in [1.82, 2.24) is 0 Å². The minimum absolute atomic E-state index is 0.0110. The van der Waals surface area contributed by atoms with E-state index in [1.807, 2.05) is 6.92 Å². The summed E-state index contributed by atoms with van der Waals surface area (Å²) < 4.78 is 5.15. The Balaban J connectivity index is 3.40. The molecule has 1 rings (SSSR count). The van der Waals surface area contributed by atoms with Crippen LogP contribution in [0.3, 0.4) is 0 Å². The van der Waals surface area contributed by atoms with Crippen LogP contribution in [-0.4, -0.2) is 19.4 Å². The summed E-state index contributed by atoms with van der Waals surface area (Å²) in [5, 5.41) is 0.481. The summed E-state index contributed by atoms with van der Waals surface area (Å²) >= 11 is 6.09. The van der Waals surface area contributed by atoms with Crippen molar-refractivity contribution < 1.29 is 9.53 Å². The van der Waals surface area contributed by atoms with Gasteiger partial charge >= 0.3 is 0 Å². The van der Waals surface area contributed by atoms with Gasteiger partial charge in [-0.05, 0) is 31.0 Å². The SMILES string of the molecule is COc1c(C)cc(C(=O)CN)c(C)c1Cl. The van der Waals surface area contributed by atoms with E-state index in [0.29, 0.717) is 16.3 Å². The second kappa shape index (κ2) is 4.64. The van der Waals surface area contributed by atoms with Gasteiger partial charge in [-0.3, -0.25) is 4.79 Å². The van der Waals surface area contributed by atoms with Gasteiger partial charge in [0.25, 0.3) is 0 Å². The number of aryl methyl sites for hydroxylation is 1. The van der Waals surface area contributed by atoms with Gasteiger partial charge in [0.15, 0.2) is 5.78 Å². The van der Waals surface area contributed by atoms with Crippen LogP contribution in [-0.2, 0) is 0 Å². The Morgan fingerprint density at radius 3 is 2.60 bits per heavy atom. The lowest BCUT2D eigenvalue weighted by molar-refractivity contribution is 0.100. The Bertz CT molecular complexity index is 402. The third-order valence-electron chi connectivity index (χ3n) is 2.34. The molecule has 0 aliphatic heterocycles. The molecule has 2 N–H and O–H groups in total. The fourth-order valence-corrected chi connectivity index (χ4v) is 1.83. The van der Waals surface area contributed by atoms with Crippen LogP contribution in [0, 0.1) is 13.8 Å². The summed E-state index contributed by atoms with van der Waals surface area (Å²) in [6, 6.07) is 1.76. The van der Waals surface area contributed by atoms with Gasteiger partial charge in [0, 0.05) is 5.56 Å². The molecule has 82 valence electrons. The Kier molecular flexibility index (Phi) is 3.72. The zero-order valence-corrected chi connectivity index (χ0v) is 9.81. The van der Waals surface area contributed by atoms with Gasteiger partial charge in [0.1, 0.15) is 5.75 Å². The van der Waals surface area contributed by atoms with Crippen LogP contribution in [0.5, 0.6) is 5.75 Å². The Hall–Kier alpha value is -1.06. The lowest BCUT2D eigenvalue weighted by Crippen LogP contribution is -2.15. The molecule has 1 aromatic rings. The Morgan fingerprint density at radius 1 is 1.53 bits per heavy atom. The molecule has 0 saturated heterocycles. The molecular weight excluding hydrogens is 214 g/mol. The van der Waals surface area contributed by atoms with Gasteiger partial charge in [-0.2, -0.15) is 0 Å². The summed E-state index contributed by atoms with van der Waals surface area (Å²) in [6.07, 6.45) is 0. The Labute approximate surface area is 94.2 Å². The number of ether oxygens (including phenoxy) is 1. The van der Waals surface area contributed by atoms with Crippen LogP contribution in [0.15, 0.2) is 6.07 Å². The maximum atomic E-state index is 11.5. The standard InChI is InChI=1S/C11H14ClNO2/c1-6-4-8(9(14)5-13)7(2)10(12)11(6)15-3/h4H,5,13H2,1-3H3. The number of benzene rings is 1. The molecule has 0 aliphatic carbocycles. The van der Waals surface area contributed by atoms with Gasteiger partial charge in [0.2, 0.25) is 0 Å². The molecule has 0 heterocycles. The van der Waals surface area contributed by atoms with Crippen molar-refractivity contribution in [3.05, 3.63) is 27.8 Å². The molecule has 1 aromatic carbocycles. The predicted molar refractivity (Wildman–Crippen MR) is 60.9 cm³/mol. The van der Waals surface area contributed by atoms with Crippen LogP contribution < -0.4 is 10.5 Å². The number of methoxy groups -OCH3 is 1. The zero-order valence-electron chi connectivity index (χ0n) is 9.06. The first-order chi connectivity index (χ1) is 7.02. The van der Waals surface area contributed by atoms with Crippen molar-refractivity contribution >= 4 is 17.4 Å². The smallest absolute Gasteiger partial charge is 0.176 e. The highest BCUT2D eigenvalue weighted by atomic mass is 35.5. The summed E-state index contributed by atoms with van der Waals surface area (Å²) in [7, 11) is 1.55. The molecule has 0 aromatic heterocycles. The lowest BCUT2D eigenvalue weighted by atomic mass is 10.0. The number of ketones is 1. The quantitative estimate of drug-likeness (QED) is 0.805. The molecule has 0 spiro atoms. The molecule has 3 nitrogen and oxygen atoms in total. The summed E-state index contributed by atoms with van der Waals surface area (Å²) in [4.78, 5) is 11.5. The molecule has 0 amide bonds. The maximum absolute atomic E-state index is 11.5. The minimum Gasteiger partial charge on any atom is -0.495 e. The highest BCUT2D eigenvalue weighted by Crippen LogP contribution is 2.33. The van der Waals surface area contributed by atoms with Gasteiger partial charge < -0.3 is 10.5 Å². The fraction of sp³-hybridized carbons (Fsp3) is 0.364. The molecule has 15 heavy (non-hydrogen) atoms. The second-order valence-electron chi connectivity index (χ2n) is 3.34. The first-order valence-electron chi connectivity index (χ1n) is 4.59. The summed E-state index contributed by atoms with van der Waals surface area (Å²) in [5.74, 6) is 0.503. The number of carbonyl (C=O) groups is 1. The monoisotopic (exact) mass is 227 g/mol. The van der Waals surface area contributed by atoms with Crippen LogP contribution in [0.2, 0.25) is 5.02 Å². The Morgan fingerprint density at radius 2 is 2.13 bits per heavy atom. The van der Waals surface area contributed by atoms with Crippen LogP contribution >= 0.6 is 11.6 Å². The molecule has 0 saturated carbocycles. The van der Waals surface area contributed by atoms with Crippen molar-refractivity contribution in [2.24, 2.45) is 5.73 Å². The topological polar surface area (TPSA) is 52.3 Å². The van der Waals surface area contributed by atoms with Crippen molar-refractivity contribution in [1.29, 1.82) is 0 Å². The van der Waals surface area contributed by atoms with Gasteiger partial charge in [-0.25, -0.2) is 0 Å². The highest BCUT2D eigenvalue weighted by molar-refractivity contribution is 6.33. The molecular formula is C11H14ClNO2. The average Bonchev–Trinajstić information content (AvgIpc) is 2.23. The zero-order chi connectivity index (χ0) is 11.6. The summed E-state index contributed by atoms with van der Waals surface area (Å²) in [5.41, 5.74) is 7.45. The van der Waals surface area contributed by atoms with E-state index in [4.69, 9.17) is 22.1 Å². The van der Waals surface area contributed by atoms with Crippen LogP contribution in [0.25, 0.3) is 0 Å². The third-order valence-corrected chi connectivity index (χ3v) is 2.80. The summed E-state index contributed by atoms with van der Waals surface area (Å²) in [6.45, 7) is 3.62. The number of hydrogen-bond donors (Lipinski definition) is 1. The van der Waals surface area contributed by atoms with E-state index in [0.717, 1.165) is 11.1 Å². The molecule has 0 unspecified atom stereocenters. The van der Waals surface area contributed by atoms with E-state index in [1.165, 1.54) is 0 Å². The van der Waals surface area contributed by atoms with E-state index in [1.54, 1.807) is 20.1 Å². The molecule has 0 fully saturated rings. The van der Waals surface area contributed by atoms with Crippen LogP contribution in [0.4, 0.5) is 0 Å². The first-order valence-corrected chi connectivity index (χ1v) is 4.97. The van der Waals surface area contributed by atoms with Gasteiger partial charge in [-0.15, -0.1) is 0 Å². The van der Waals surface area contributed by atoms with Gasteiger partial charge in [-0.1, -0.05) is 11.6 Å². The van der Waals surface area contributed by atoms with Crippen molar-refractivity contribution in [3.8, 4) is 5.75 Å². The van der Waals surface area contributed by atoms with E-state index in [2.05, 4.69) is 0 Å². The average molecular weight is 228 g/mol. The van der Waals surface area contributed by atoms with E-state index in [-0.39, 0.29) is 12.3 Å². The van der Waals surface area contributed by atoms with E-state index in [9.17, 15) is 4.79 Å². The molecule has 4 heteroatoms. The number of rotatable bonds is 3.